The molecular formula is C12H12Br3NO. The van der Waals surface area contributed by atoms with Crippen LogP contribution in [0.2, 0.25) is 0 Å². The summed E-state index contributed by atoms with van der Waals surface area (Å²) in [6, 6.07) is 5.66. The maximum Gasteiger partial charge on any atom is 0.253 e. The van der Waals surface area contributed by atoms with Crippen LogP contribution in [0.1, 0.15) is 23.2 Å². The summed E-state index contributed by atoms with van der Waals surface area (Å²) < 4.78 is 1.84. The third kappa shape index (κ3) is 3.55. The normalized spacial score (nSPS) is 20.4. The van der Waals surface area contributed by atoms with Crippen molar-refractivity contribution < 1.29 is 4.79 Å². The zero-order chi connectivity index (χ0) is 12.4. The molecule has 0 spiro atoms. The molecule has 0 aromatic heterocycles. The molecule has 1 aromatic rings. The van der Waals surface area contributed by atoms with Gasteiger partial charge in [0.15, 0.2) is 0 Å². The monoisotopic (exact) mass is 423 g/mol. The Bertz CT molecular complexity index is 416. The standard InChI is InChI=1S/C12H12Br3NO/c13-9-2-1-3-16(7-9)12(17)8-4-10(14)6-11(15)5-8/h4-6,9H,1-3,7H2. The maximum atomic E-state index is 12.3. The molecule has 0 radical (unpaired) electrons. The van der Waals surface area contributed by atoms with Crippen molar-refractivity contribution in [1.29, 1.82) is 0 Å². The molecule has 1 atom stereocenters. The summed E-state index contributed by atoms with van der Waals surface area (Å²) in [5.41, 5.74) is 0.729. The van der Waals surface area contributed by atoms with Crippen molar-refractivity contribution in [3.63, 3.8) is 0 Å². The van der Waals surface area contributed by atoms with Gasteiger partial charge in [0.2, 0.25) is 0 Å². The number of hydrogen-bond donors (Lipinski definition) is 0. The average molecular weight is 426 g/mol. The van der Waals surface area contributed by atoms with Crippen LogP contribution in [0.4, 0.5) is 0 Å². The number of piperidine rings is 1. The first-order valence-electron chi connectivity index (χ1n) is 5.45. The second-order valence-electron chi connectivity index (χ2n) is 4.15. The number of rotatable bonds is 1. The molecule has 1 saturated heterocycles. The van der Waals surface area contributed by atoms with Gasteiger partial charge in [-0.3, -0.25) is 4.79 Å². The summed E-state index contributed by atoms with van der Waals surface area (Å²) in [5, 5.41) is 0. The SMILES string of the molecule is O=C(c1cc(Br)cc(Br)c1)N1CCCC(Br)C1. The van der Waals surface area contributed by atoms with Gasteiger partial charge in [0.1, 0.15) is 0 Å². The number of alkyl halides is 1. The van der Waals surface area contributed by atoms with Gasteiger partial charge in [-0.15, -0.1) is 0 Å². The zero-order valence-corrected chi connectivity index (χ0v) is 13.9. The van der Waals surface area contributed by atoms with Gasteiger partial charge in [-0.1, -0.05) is 47.8 Å². The van der Waals surface area contributed by atoms with Crippen LogP contribution in [0.3, 0.4) is 0 Å². The number of halogens is 3. The first kappa shape index (κ1) is 13.6. The largest absolute Gasteiger partial charge is 0.338 e. The molecule has 1 heterocycles. The minimum atomic E-state index is 0.108. The molecule has 1 fully saturated rings. The van der Waals surface area contributed by atoms with E-state index in [9.17, 15) is 4.79 Å². The Morgan fingerprint density at radius 2 is 1.88 bits per heavy atom. The summed E-state index contributed by atoms with van der Waals surface area (Å²) in [5.74, 6) is 0.108. The van der Waals surface area contributed by atoms with E-state index in [0.29, 0.717) is 4.83 Å². The number of amides is 1. The van der Waals surface area contributed by atoms with Crippen molar-refractivity contribution in [3.05, 3.63) is 32.7 Å². The van der Waals surface area contributed by atoms with Crippen molar-refractivity contribution in [2.45, 2.75) is 17.7 Å². The molecule has 0 bridgehead atoms. The predicted molar refractivity (Wildman–Crippen MR) is 79.7 cm³/mol. The topological polar surface area (TPSA) is 20.3 Å². The minimum absolute atomic E-state index is 0.108. The number of hydrogen-bond acceptors (Lipinski definition) is 1. The third-order valence-electron chi connectivity index (χ3n) is 2.76. The summed E-state index contributed by atoms with van der Waals surface area (Å²) in [6.45, 7) is 1.65. The van der Waals surface area contributed by atoms with Crippen LogP contribution in [-0.2, 0) is 0 Å². The Balaban J connectivity index is 2.18. The van der Waals surface area contributed by atoms with Gasteiger partial charge in [-0.2, -0.15) is 0 Å². The molecule has 0 saturated carbocycles. The lowest BCUT2D eigenvalue weighted by Crippen LogP contribution is -2.40. The molecule has 1 amide bonds. The van der Waals surface area contributed by atoms with Crippen molar-refractivity contribution in [2.75, 3.05) is 13.1 Å². The number of carbonyl (C=O) groups is 1. The van der Waals surface area contributed by atoms with Crippen molar-refractivity contribution >= 4 is 53.7 Å². The fraction of sp³-hybridized carbons (Fsp3) is 0.417. The molecule has 17 heavy (non-hydrogen) atoms. The molecule has 1 unspecified atom stereocenters. The van der Waals surface area contributed by atoms with Gasteiger partial charge < -0.3 is 4.90 Å². The van der Waals surface area contributed by atoms with Gasteiger partial charge >= 0.3 is 0 Å². The van der Waals surface area contributed by atoms with Gasteiger partial charge in [0.25, 0.3) is 5.91 Å². The van der Waals surface area contributed by atoms with Crippen LogP contribution >= 0.6 is 47.8 Å². The van der Waals surface area contributed by atoms with Crippen LogP contribution in [0.5, 0.6) is 0 Å². The quantitative estimate of drug-likeness (QED) is 0.617. The summed E-state index contributed by atoms with van der Waals surface area (Å²) >= 11 is 10.4. The third-order valence-corrected chi connectivity index (χ3v) is 4.42. The molecule has 92 valence electrons. The highest BCUT2D eigenvalue weighted by Gasteiger charge is 2.23. The van der Waals surface area contributed by atoms with E-state index in [0.717, 1.165) is 40.4 Å². The van der Waals surface area contributed by atoms with Crippen LogP contribution in [-0.4, -0.2) is 28.7 Å². The smallest absolute Gasteiger partial charge is 0.253 e. The fourth-order valence-electron chi connectivity index (χ4n) is 1.97. The number of nitrogens with zero attached hydrogens (tertiary/aromatic N) is 1. The highest BCUT2D eigenvalue weighted by Crippen LogP contribution is 2.23. The van der Waals surface area contributed by atoms with E-state index in [1.807, 2.05) is 23.1 Å². The van der Waals surface area contributed by atoms with E-state index in [2.05, 4.69) is 47.8 Å². The Morgan fingerprint density at radius 1 is 1.24 bits per heavy atom. The summed E-state index contributed by atoms with van der Waals surface area (Å²) in [7, 11) is 0. The first-order chi connectivity index (χ1) is 8.06. The molecular weight excluding hydrogens is 414 g/mol. The van der Waals surface area contributed by atoms with Gasteiger partial charge in [-0.05, 0) is 31.0 Å². The van der Waals surface area contributed by atoms with Crippen molar-refractivity contribution in [1.82, 2.24) is 4.90 Å². The second-order valence-corrected chi connectivity index (χ2v) is 7.28. The maximum absolute atomic E-state index is 12.3. The molecule has 0 aliphatic carbocycles. The molecule has 2 nitrogen and oxygen atoms in total. The van der Waals surface area contributed by atoms with Gasteiger partial charge in [-0.25, -0.2) is 0 Å². The molecule has 1 aliphatic heterocycles. The average Bonchev–Trinajstić information content (AvgIpc) is 2.26. The van der Waals surface area contributed by atoms with E-state index in [1.165, 1.54) is 0 Å². The van der Waals surface area contributed by atoms with E-state index in [-0.39, 0.29) is 5.91 Å². The number of benzene rings is 1. The number of carbonyl (C=O) groups excluding carboxylic acids is 1. The van der Waals surface area contributed by atoms with Crippen LogP contribution < -0.4 is 0 Å². The van der Waals surface area contributed by atoms with Gasteiger partial charge in [0.05, 0.1) is 0 Å². The highest BCUT2D eigenvalue weighted by molar-refractivity contribution is 9.11. The summed E-state index contributed by atoms with van der Waals surface area (Å²) in [4.78, 5) is 14.7. The second kappa shape index (κ2) is 5.85. The molecule has 0 N–H and O–H groups in total. The Morgan fingerprint density at radius 3 is 2.47 bits per heavy atom. The van der Waals surface area contributed by atoms with Crippen LogP contribution in [0, 0.1) is 0 Å². The lowest BCUT2D eigenvalue weighted by atomic mass is 10.1. The molecule has 1 aromatic carbocycles. The number of likely N-dealkylation sites (tertiary alicyclic amines) is 1. The molecule has 5 heteroatoms. The lowest BCUT2D eigenvalue weighted by Gasteiger charge is -2.30. The predicted octanol–water partition coefficient (Wildman–Crippen LogP) is 4.21. The van der Waals surface area contributed by atoms with Crippen molar-refractivity contribution in [3.8, 4) is 0 Å². The minimum Gasteiger partial charge on any atom is -0.338 e. The molecule has 1 aliphatic rings. The highest BCUT2D eigenvalue weighted by atomic mass is 79.9. The van der Waals surface area contributed by atoms with Crippen molar-refractivity contribution in [2.24, 2.45) is 0 Å². The fourth-order valence-corrected chi connectivity index (χ4v) is 3.94. The van der Waals surface area contributed by atoms with E-state index in [4.69, 9.17) is 0 Å². The Kier molecular flexibility index (Phi) is 4.66. The Hall–Kier alpha value is 0.130. The molecule has 2 rings (SSSR count). The van der Waals surface area contributed by atoms with Crippen LogP contribution in [0.15, 0.2) is 27.1 Å². The van der Waals surface area contributed by atoms with E-state index < -0.39 is 0 Å². The van der Waals surface area contributed by atoms with Crippen LogP contribution in [0.25, 0.3) is 0 Å². The van der Waals surface area contributed by atoms with Gasteiger partial charge in [0, 0.05) is 32.4 Å². The lowest BCUT2D eigenvalue weighted by molar-refractivity contribution is 0.0730. The zero-order valence-electron chi connectivity index (χ0n) is 9.13. The summed E-state index contributed by atoms with van der Waals surface area (Å²) in [6.07, 6.45) is 2.21. The van der Waals surface area contributed by atoms with E-state index in [1.54, 1.807) is 0 Å². The van der Waals surface area contributed by atoms with E-state index >= 15 is 0 Å². The first-order valence-corrected chi connectivity index (χ1v) is 7.96. The Labute approximate surface area is 126 Å².